The van der Waals surface area contributed by atoms with Gasteiger partial charge in [-0.15, -0.1) is 0 Å². The number of aromatic carboxylic acids is 1. The van der Waals surface area contributed by atoms with Crippen LogP contribution in [0.2, 0.25) is 0 Å². The van der Waals surface area contributed by atoms with Crippen molar-refractivity contribution in [3.8, 4) is 0 Å². The fourth-order valence-electron chi connectivity index (χ4n) is 1.68. The van der Waals surface area contributed by atoms with E-state index < -0.39 is 27.9 Å². The lowest BCUT2D eigenvalue weighted by Gasteiger charge is -2.14. The molecule has 1 rings (SSSR count). The van der Waals surface area contributed by atoms with Crippen LogP contribution >= 0.6 is 15.9 Å². The summed E-state index contributed by atoms with van der Waals surface area (Å²) in [6, 6.07) is 3.07. The zero-order chi connectivity index (χ0) is 16.2. The smallest absolute Gasteiger partial charge is 0.337 e. The van der Waals surface area contributed by atoms with Crippen molar-refractivity contribution in [1.29, 1.82) is 0 Å². The average Bonchev–Trinajstić information content (AvgIpc) is 2.24. The van der Waals surface area contributed by atoms with Crippen LogP contribution in [0.25, 0.3) is 0 Å². The molecular weight excluding hydrogens is 364 g/mol. The van der Waals surface area contributed by atoms with E-state index in [1.165, 1.54) is 12.1 Å². The first kappa shape index (κ1) is 17.4. The monoisotopic (exact) mass is 378 g/mol. The molecule has 3 N–H and O–H groups in total. The maximum atomic E-state index is 11.8. The normalized spacial score (nSPS) is 12.5. The number of nitrogens with one attached hydrogen (secondary N) is 2. The number of halogens is 1. The Kier molecular flexibility index (Phi) is 5.73. The lowest BCUT2D eigenvalue weighted by molar-refractivity contribution is 0.0698. The van der Waals surface area contributed by atoms with Crippen LogP contribution in [0.4, 0.5) is 10.5 Å². The number of carboxylic acid groups (broad SMARTS) is 1. The average molecular weight is 379 g/mol. The number of hydrogen-bond acceptors (Lipinski definition) is 4. The van der Waals surface area contributed by atoms with Crippen LogP contribution in [0, 0.1) is 0 Å². The van der Waals surface area contributed by atoms with E-state index in [-0.39, 0.29) is 17.0 Å². The molecule has 1 aromatic rings. The van der Waals surface area contributed by atoms with Crippen molar-refractivity contribution in [3.63, 3.8) is 0 Å². The van der Waals surface area contributed by atoms with E-state index in [9.17, 15) is 18.0 Å². The Morgan fingerprint density at radius 2 is 2.00 bits per heavy atom. The molecule has 1 aromatic carbocycles. The minimum absolute atomic E-state index is 0.0656. The Balaban J connectivity index is 2.79. The fourth-order valence-corrected chi connectivity index (χ4v) is 3.04. The summed E-state index contributed by atoms with van der Waals surface area (Å²) >= 11 is 3.18. The third-order valence-electron chi connectivity index (χ3n) is 2.39. The number of amides is 2. The molecule has 2 amide bonds. The number of carbonyl (C=O) groups is 2. The van der Waals surface area contributed by atoms with Gasteiger partial charge in [0.25, 0.3) is 0 Å². The maximum absolute atomic E-state index is 11.8. The SMILES string of the molecule is CC(CS(C)(=O)=O)NC(=O)Nc1cc(Br)ccc1C(=O)O. The van der Waals surface area contributed by atoms with Crippen molar-refractivity contribution in [2.24, 2.45) is 0 Å². The molecule has 0 fully saturated rings. The molecule has 0 heterocycles. The Labute approximate surface area is 130 Å². The summed E-state index contributed by atoms with van der Waals surface area (Å²) in [5, 5.41) is 13.9. The molecule has 21 heavy (non-hydrogen) atoms. The standard InChI is InChI=1S/C12H15BrN2O5S/c1-7(6-21(2,19)20)14-12(18)15-10-5-8(13)3-4-9(10)11(16)17/h3-5,7H,6H2,1-2H3,(H,16,17)(H2,14,15,18). The van der Waals surface area contributed by atoms with Crippen LogP contribution in [0.15, 0.2) is 22.7 Å². The molecule has 116 valence electrons. The molecule has 1 unspecified atom stereocenters. The van der Waals surface area contributed by atoms with Gasteiger partial charge in [0.1, 0.15) is 9.84 Å². The van der Waals surface area contributed by atoms with Crippen molar-refractivity contribution in [3.05, 3.63) is 28.2 Å². The van der Waals surface area contributed by atoms with Crippen molar-refractivity contribution < 1.29 is 23.1 Å². The maximum Gasteiger partial charge on any atom is 0.337 e. The van der Waals surface area contributed by atoms with E-state index >= 15 is 0 Å². The van der Waals surface area contributed by atoms with Crippen LogP contribution in [0.1, 0.15) is 17.3 Å². The Hall–Kier alpha value is -1.61. The molecule has 9 heteroatoms. The van der Waals surface area contributed by atoms with E-state index in [0.717, 1.165) is 6.26 Å². The van der Waals surface area contributed by atoms with Crippen LogP contribution in [0.5, 0.6) is 0 Å². The molecule has 0 saturated carbocycles. The first-order valence-corrected chi connectivity index (χ1v) is 8.72. The number of hydrogen-bond donors (Lipinski definition) is 3. The summed E-state index contributed by atoms with van der Waals surface area (Å²) in [6.07, 6.45) is 1.07. The van der Waals surface area contributed by atoms with Crippen molar-refractivity contribution in [2.75, 3.05) is 17.3 Å². The van der Waals surface area contributed by atoms with Crippen LogP contribution < -0.4 is 10.6 Å². The number of sulfone groups is 1. The predicted molar refractivity (Wildman–Crippen MR) is 82.4 cm³/mol. The first-order valence-electron chi connectivity index (χ1n) is 5.86. The Morgan fingerprint density at radius 3 is 2.52 bits per heavy atom. The van der Waals surface area contributed by atoms with Crippen LogP contribution in [-0.4, -0.2) is 43.6 Å². The van der Waals surface area contributed by atoms with Gasteiger partial charge in [0.05, 0.1) is 17.0 Å². The fraction of sp³-hybridized carbons (Fsp3) is 0.333. The summed E-state index contributed by atoms with van der Waals surface area (Å²) < 4.78 is 22.8. The summed E-state index contributed by atoms with van der Waals surface area (Å²) in [7, 11) is -3.21. The number of anilines is 1. The number of carbonyl (C=O) groups excluding carboxylic acids is 1. The molecule has 0 aliphatic heterocycles. The molecule has 0 aliphatic rings. The van der Waals surface area contributed by atoms with Gasteiger partial charge in [-0.1, -0.05) is 15.9 Å². The highest BCUT2D eigenvalue weighted by Crippen LogP contribution is 2.21. The zero-order valence-electron chi connectivity index (χ0n) is 11.4. The van der Waals surface area contributed by atoms with Crippen molar-refractivity contribution >= 4 is 43.5 Å². The largest absolute Gasteiger partial charge is 0.478 e. The highest BCUT2D eigenvalue weighted by atomic mass is 79.9. The number of rotatable bonds is 5. The first-order chi connectivity index (χ1) is 9.58. The van der Waals surface area contributed by atoms with Crippen LogP contribution in [-0.2, 0) is 9.84 Å². The van der Waals surface area contributed by atoms with Crippen molar-refractivity contribution in [2.45, 2.75) is 13.0 Å². The van der Waals surface area contributed by atoms with Gasteiger partial charge in [0, 0.05) is 16.8 Å². The second kappa shape index (κ2) is 6.90. The lowest BCUT2D eigenvalue weighted by Crippen LogP contribution is -2.40. The van der Waals surface area contributed by atoms with Gasteiger partial charge in [-0.3, -0.25) is 0 Å². The minimum Gasteiger partial charge on any atom is -0.478 e. The number of carboxylic acids is 1. The molecule has 1 atom stereocenters. The van der Waals surface area contributed by atoms with E-state index in [1.54, 1.807) is 13.0 Å². The molecule has 0 aliphatic carbocycles. The summed E-state index contributed by atoms with van der Waals surface area (Å²) in [5.74, 6) is -1.38. The Bertz CT molecular complexity index is 660. The van der Waals surface area contributed by atoms with E-state index in [2.05, 4.69) is 26.6 Å². The molecule has 0 saturated heterocycles. The van der Waals surface area contributed by atoms with E-state index in [0.29, 0.717) is 4.47 Å². The molecule has 0 radical (unpaired) electrons. The third kappa shape index (κ3) is 6.13. The minimum atomic E-state index is -3.21. The summed E-state index contributed by atoms with van der Waals surface area (Å²) in [6.45, 7) is 1.54. The van der Waals surface area contributed by atoms with Gasteiger partial charge < -0.3 is 15.7 Å². The van der Waals surface area contributed by atoms with Crippen molar-refractivity contribution in [1.82, 2.24) is 5.32 Å². The van der Waals surface area contributed by atoms with Gasteiger partial charge in [-0.25, -0.2) is 18.0 Å². The number of urea groups is 1. The van der Waals surface area contributed by atoms with Gasteiger partial charge in [0.2, 0.25) is 0 Å². The van der Waals surface area contributed by atoms with Gasteiger partial charge in [-0.2, -0.15) is 0 Å². The summed E-state index contributed by atoms with van der Waals surface area (Å²) in [4.78, 5) is 22.8. The summed E-state index contributed by atoms with van der Waals surface area (Å²) in [5.41, 5.74) is 0.0463. The van der Waals surface area contributed by atoms with Gasteiger partial charge in [-0.05, 0) is 25.1 Å². The second-order valence-corrected chi connectivity index (χ2v) is 7.69. The Morgan fingerprint density at radius 1 is 1.38 bits per heavy atom. The van der Waals surface area contributed by atoms with Gasteiger partial charge in [0.15, 0.2) is 0 Å². The molecular formula is C12H15BrN2O5S. The number of benzene rings is 1. The lowest BCUT2D eigenvalue weighted by atomic mass is 10.2. The molecule has 0 spiro atoms. The quantitative estimate of drug-likeness (QED) is 0.721. The zero-order valence-corrected chi connectivity index (χ0v) is 13.8. The topological polar surface area (TPSA) is 113 Å². The molecule has 0 aromatic heterocycles. The highest BCUT2D eigenvalue weighted by Gasteiger charge is 2.16. The van der Waals surface area contributed by atoms with E-state index in [4.69, 9.17) is 5.11 Å². The van der Waals surface area contributed by atoms with E-state index in [1.807, 2.05) is 0 Å². The third-order valence-corrected chi connectivity index (χ3v) is 3.99. The molecule has 7 nitrogen and oxygen atoms in total. The predicted octanol–water partition coefficient (Wildman–Crippen LogP) is 1.70. The molecule has 0 bridgehead atoms. The highest BCUT2D eigenvalue weighted by molar-refractivity contribution is 9.10. The van der Waals surface area contributed by atoms with Gasteiger partial charge >= 0.3 is 12.0 Å². The second-order valence-electron chi connectivity index (χ2n) is 4.59. The van der Waals surface area contributed by atoms with Crippen LogP contribution in [0.3, 0.4) is 0 Å².